The second kappa shape index (κ2) is 11.4. The van der Waals surface area contributed by atoms with Gasteiger partial charge in [-0.25, -0.2) is 5.26 Å². The number of nitrogens with zero attached hydrogens (tertiary/aromatic N) is 5. The van der Waals surface area contributed by atoms with E-state index < -0.39 is 0 Å². The Bertz CT molecular complexity index is 1540. The predicted molar refractivity (Wildman–Crippen MR) is 135 cm³/mol. The normalized spacial score (nSPS) is 10.8. The van der Waals surface area contributed by atoms with E-state index in [1.165, 1.54) is 17.2 Å². The molecule has 36 heavy (non-hydrogen) atoms. The van der Waals surface area contributed by atoms with Gasteiger partial charge < -0.3 is 4.57 Å². The SMILES string of the molecule is [C-]#[N+]c1cc(C#N)[c-]c(-c2cc(-c3ccccc3)ccn2)c1.[Ir].[c-]1cccc2c1-c1nccn1CC2. The van der Waals surface area contributed by atoms with Crippen molar-refractivity contribution in [2.45, 2.75) is 13.0 Å². The molecule has 0 aliphatic carbocycles. The summed E-state index contributed by atoms with van der Waals surface area (Å²) in [5, 5.41) is 9.06. The molecule has 1 aliphatic heterocycles. The van der Waals surface area contributed by atoms with Gasteiger partial charge in [0.1, 0.15) is 5.69 Å². The van der Waals surface area contributed by atoms with Crippen LogP contribution in [0.1, 0.15) is 11.1 Å². The molecule has 6 heteroatoms. The summed E-state index contributed by atoms with van der Waals surface area (Å²) in [6.07, 6.45) is 6.70. The Labute approximate surface area is 223 Å². The molecule has 0 atom stereocenters. The third-order valence-corrected chi connectivity index (χ3v) is 5.75. The van der Waals surface area contributed by atoms with Crippen LogP contribution in [0, 0.1) is 30.0 Å². The maximum Gasteiger partial charge on any atom is 0.125 e. The zero-order chi connectivity index (χ0) is 24.0. The number of fused-ring (bicyclic) bond motifs is 3. The van der Waals surface area contributed by atoms with Gasteiger partial charge in [-0.3, -0.25) is 14.8 Å². The Morgan fingerprint density at radius 1 is 0.972 bits per heavy atom. The quantitative estimate of drug-likeness (QED) is 0.206. The fourth-order valence-electron chi connectivity index (χ4n) is 4.05. The largest absolute Gasteiger partial charge is 0.371 e. The molecular weight excluding hydrogens is 623 g/mol. The molecule has 0 fully saturated rings. The van der Waals surface area contributed by atoms with Gasteiger partial charge >= 0.3 is 0 Å². The van der Waals surface area contributed by atoms with Crippen LogP contribution in [0.2, 0.25) is 0 Å². The second-order valence-electron chi connectivity index (χ2n) is 7.95. The average molecular weight is 642 g/mol. The summed E-state index contributed by atoms with van der Waals surface area (Å²) in [4.78, 5) is 12.1. The van der Waals surface area contributed by atoms with Crippen molar-refractivity contribution < 1.29 is 20.1 Å². The van der Waals surface area contributed by atoms with E-state index in [0.717, 1.165) is 29.9 Å². The number of aromatic nitrogens is 3. The van der Waals surface area contributed by atoms with Crippen LogP contribution in [0.3, 0.4) is 0 Å². The van der Waals surface area contributed by atoms with E-state index >= 15 is 0 Å². The smallest absolute Gasteiger partial charge is 0.125 e. The van der Waals surface area contributed by atoms with Crippen LogP contribution < -0.4 is 0 Å². The van der Waals surface area contributed by atoms with Crippen LogP contribution in [0.15, 0.2) is 91.4 Å². The number of hydrogen-bond donors (Lipinski definition) is 0. The molecule has 3 aromatic carbocycles. The number of aryl methyl sites for hydroxylation is 2. The molecule has 3 heterocycles. The number of hydrogen-bond acceptors (Lipinski definition) is 3. The van der Waals surface area contributed by atoms with Gasteiger partial charge in [-0.05, 0) is 29.7 Å². The molecule has 175 valence electrons. The molecule has 0 unspecified atom stereocenters. The summed E-state index contributed by atoms with van der Waals surface area (Å²) in [6, 6.07) is 31.5. The van der Waals surface area contributed by atoms with Crippen LogP contribution in [-0.2, 0) is 33.1 Å². The van der Waals surface area contributed by atoms with Crippen molar-refractivity contribution >= 4 is 5.69 Å². The molecule has 0 N–H and O–H groups in total. The van der Waals surface area contributed by atoms with E-state index in [2.05, 4.69) is 37.6 Å². The first-order chi connectivity index (χ1) is 17.2. The number of pyridine rings is 1. The molecule has 0 saturated carbocycles. The van der Waals surface area contributed by atoms with Gasteiger partial charge in [-0.2, -0.15) is 0 Å². The van der Waals surface area contributed by atoms with Crippen molar-refractivity contribution in [1.29, 1.82) is 5.26 Å². The van der Waals surface area contributed by atoms with Gasteiger partial charge in [0.05, 0.1) is 12.4 Å². The van der Waals surface area contributed by atoms with E-state index in [0.29, 0.717) is 22.5 Å². The maximum atomic E-state index is 9.06. The second-order valence-corrected chi connectivity index (χ2v) is 7.95. The summed E-state index contributed by atoms with van der Waals surface area (Å²) in [7, 11) is 0. The van der Waals surface area contributed by atoms with Gasteiger partial charge in [0.2, 0.25) is 0 Å². The van der Waals surface area contributed by atoms with Crippen molar-refractivity contribution in [2.24, 2.45) is 0 Å². The van der Waals surface area contributed by atoms with Crippen LogP contribution in [0.5, 0.6) is 0 Å². The molecule has 5 nitrogen and oxygen atoms in total. The minimum Gasteiger partial charge on any atom is -0.371 e. The van der Waals surface area contributed by atoms with Gasteiger partial charge in [-0.1, -0.05) is 42.0 Å². The van der Waals surface area contributed by atoms with E-state index in [1.54, 1.807) is 12.3 Å². The molecule has 0 amide bonds. The third-order valence-electron chi connectivity index (χ3n) is 5.75. The first-order valence-electron chi connectivity index (χ1n) is 11.1. The molecule has 0 spiro atoms. The minimum atomic E-state index is 0. The minimum absolute atomic E-state index is 0. The van der Waals surface area contributed by atoms with Crippen molar-refractivity contribution in [1.82, 2.24) is 14.5 Å². The maximum absolute atomic E-state index is 9.06. The Kier molecular flexibility index (Phi) is 7.83. The Balaban J connectivity index is 0.000000185. The van der Waals surface area contributed by atoms with Gasteiger partial charge in [0, 0.05) is 50.9 Å². The predicted octanol–water partition coefficient (Wildman–Crippen LogP) is 6.54. The summed E-state index contributed by atoms with van der Waals surface area (Å²) in [6.45, 7) is 8.17. The summed E-state index contributed by atoms with van der Waals surface area (Å²) >= 11 is 0. The number of imidazole rings is 1. The van der Waals surface area contributed by atoms with Crippen LogP contribution in [0.4, 0.5) is 5.69 Å². The molecule has 0 saturated heterocycles. The monoisotopic (exact) mass is 642 g/mol. The summed E-state index contributed by atoms with van der Waals surface area (Å²) in [5.41, 5.74) is 6.76. The fourth-order valence-corrected chi connectivity index (χ4v) is 4.05. The Hall–Kier alpha value is -4.35. The number of rotatable bonds is 2. The summed E-state index contributed by atoms with van der Waals surface area (Å²) < 4.78 is 2.18. The average Bonchev–Trinajstić information content (AvgIpc) is 3.43. The van der Waals surface area contributed by atoms with Crippen molar-refractivity contribution in [3.8, 4) is 39.8 Å². The van der Waals surface area contributed by atoms with Gasteiger partial charge in [0.15, 0.2) is 0 Å². The molecule has 5 aromatic rings. The Morgan fingerprint density at radius 3 is 2.64 bits per heavy atom. The van der Waals surface area contributed by atoms with E-state index in [1.807, 2.05) is 73.1 Å². The molecule has 2 aromatic heterocycles. The number of benzene rings is 3. The molecule has 1 radical (unpaired) electrons. The molecule has 0 bridgehead atoms. The third kappa shape index (κ3) is 5.32. The van der Waals surface area contributed by atoms with E-state index in [4.69, 9.17) is 11.8 Å². The van der Waals surface area contributed by atoms with Crippen LogP contribution >= 0.6 is 0 Å². The molecule has 6 rings (SSSR count). The zero-order valence-electron chi connectivity index (χ0n) is 19.1. The topological polar surface area (TPSA) is 58.9 Å². The van der Waals surface area contributed by atoms with Crippen LogP contribution in [0.25, 0.3) is 38.6 Å². The van der Waals surface area contributed by atoms with E-state index in [-0.39, 0.29) is 20.1 Å². The fraction of sp³-hybridized carbons (Fsp3) is 0.0667. The molecular formula is C30H19IrN5-2. The van der Waals surface area contributed by atoms with Crippen molar-refractivity contribution in [3.05, 3.63) is 126 Å². The first kappa shape index (κ1) is 24.8. The van der Waals surface area contributed by atoms with Crippen LogP contribution in [-0.4, -0.2) is 14.5 Å². The van der Waals surface area contributed by atoms with Crippen molar-refractivity contribution in [3.63, 3.8) is 0 Å². The first-order valence-corrected chi connectivity index (χ1v) is 11.1. The summed E-state index contributed by atoms with van der Waals surface area (Å²) in [5.74, 6) is 1.06. The van der Waals surface area contributed by atoms with Crippen molar-refractivity contribution in [2.75, 3.05) is 0 Å². The zero-order valence-corrected chi connectivity index (χ0v) is 21.5. The van der Waals surface area contributed by atoms with E-state index in [9.17, 15) is 0 Å². The number of nitriles is 1. The van der Waals surface area contributed by atoms with Gasteiger partial charge in [-0.15, -0.1) is 59.2 Å². The molecule has 1 aliphatic rings. The van der Waals surface area contributed by atoms with Gasteiger partial charge in [0.25, 0.3) is 0 Å². The Morgan fingerprint density at radius 2 is 1.83 bits per heavy atom. The standard InChI is InChI=1S/C19H10N3.C11H9N2.Ir/c1-21-18-10-14(13-20)9-17(11-18)19-12-16(7-8-22-19)15-5-3-2-4-6-15;1-2-4-10-9(3-1)5-7-13-8-6-12-11(10)13;/h2-8,10-12H;1-3,6,8H,5,7H2;/q2*-1;.